The summed E-state index contributed by atoms with van der Waals surface area (Å²) in [6.07, 6.45) is 0. The average Bonchev–Trinajstić information content (AvgIpc) is 2.77. The Labute approximate surface area is 168 Å². The van der Waals surface area contributed by atoms with Crippen molar-refractivity contribution in [2.24, 2.45) is 0 Å². The number of amides is 1. The van der Waals surface area contributed by atoms with Crippen molar-refractivity contribution in [3.05, 3.63) is 64.5 Å². The molecule has 2 heterocycles. The number of ether oxygens (including phenoxy) is 2. The van der Waals surface area contributed by atoms with Crippen molar-refractivity contribution in [1.82, 2.24) is 4.90 Å². The number of fused-ring (bicyclic) bond motifs is 1. The van der Waals surface area contributed by atoms with Crippen LogP contribution >= 0.6 is 0 Å². The van der Waals surface area contributed by atoms with Gasteiger partial charge < -0.3 is 23.7 Å². The molecule has 4 rings (SSSR count). The molecule has 1 aromatic heterocycles. The Kier molecular flexibility index (Phi) is 5.12. The molecule has 1 fully saturated rings. The summed E-state index contributed by atoms with van der Waals surface area (Å²) in [6.45, 7) is 2.46. The third-order valence-corrected chi connectivity index (χ3v) is 5.17. The van der Waals surface area contributed by atoms with Crippen LogP contribution in [0.4, 0.5) is 5.69 Å². The number of hydrogen-bond donors (Lipinski definition) is 0. The van der Waals surface area contributed by atoms with E-state index in [1.807, 2.05) is 24.3 Å². The number of carbonyl (C=O) groups excluding carboxylic acids is 1. The molecule has 3 aromatic rings. The van der Waals surface area contributed by atoms with Gasteiger partial charge in [0.25, 0.3) is 5.91 Å². The Bertz CT molecular complexity index is 1100. The predicted octanol–water partition coefficient (Wildman–Crippen LogP) is 2.77. The van der Waals surface area contributed by atoms with Gasteiger partial charge in [0.15, 0.2) is 0 Å². The second-order valence-electron chi connectivity index (χ2n) is 6.79. The zero-order chi connectivity index (χ0) is 20.4. The lowest BCUT2D eigenvalue weighted by atomic mass is 10.1. The van der Waals surface area contributed by atoms with Crippen molar-refractivity contribution in [2.75, 3.05) is 45.3 Å². The Morgan fingerprint density at radius 1 is 0.966 bits per heavy atom. The molecule has 0 aliphatic carbocycles. The molecular weight excluding hydrogens is 372 g/mol. The first-order chi connectivity index (χ1) is 14.1. The van der Waals surface area contributed by atoms with Crippen LogP contribution in [-0.2, 0) is 0 Å². The highest BCUT2D eigenvalue weighted by Gasteiger charge is 2.25. The predicted molar refractivity (Wildman–Crippen MR) is 110 cm³/mol. The standard InChI is InChI=1S/C22H22N2O5/c1-27-15-7-8-16-17(14-21(25)29-20(16)13-15)22(26)24-11-9-23(10-12-24)18-5-3-4-6-19(18)28-2/h3-8,13-14H,9-12H2,1-2H3. The Hall–Kier alpha value is -3.48. The summed E-state index contributed by atoms with van der Waals surface area (Å²) in [7, 11) is 3.19. The number of anilines is 1. The van der Waals surface area contributed by atoms with E-state index in [1.165, 1.54) is 13.2 Å². The van der Waals surface area contributed by atoms with E-state index in [4.69, 9.17) is 13.9 Å². The first-order valence-electron chi connectivity index (χ1n) is 9.40. The lowest BCUT2D eigenvalue weighted by molar-refractivity contribution is 0.0748. The van der Waals surface area contributed by atoms with Gasteiger partial charge in [-0.2, -0.15) is 0 Å². The summed E-state index contributed by atoms with van der Waals surface area (Å²) in [4.78, 5) is 29.1. The quantitative estimate of drug-likeness (QED) is 0.634. The third-order valence-electron chi connectivity index (χ3n) is 5.17. The minimum absolute atomic E-state index is 0.173. The summed E-state index contributed by atoms with van der Waals surface area (Å²) in [5.74, 6) is 1.20. The van der Waals surface area contributed by atoms with E-state index in [0.717, 1.165) is 11.4 Å². The lowest BCUT2D eigenvalue weighted by Gasteiger charge is -2.36. The first kappa shape index (κ1) is 18.9. The molecule has 150 valence electrons. The summed E-state index contributed by atoms with van der Waals surface area (Å²) < 4.78 is 15.9. The largest absolute Gasteiger partial charge is 0.497 e. The van der Waals surface area contributed by atoms with Crippen molar-refractivity contribution in [2.45, 2.75) is 0 Å². The SMILES string of the molecule is COc1ccc2c(C(=O)N3CCN(c4ccccc4OC)CC3)cc(=O)oc2c1. The topological polar surface area (TPSA) is 72.2 Å². The van der Waals surface area contributed by atoms with E-state index < -0.39 is 5.63 Å². The smallest absolute Gasteiger partial charge is 0.337 e. The number of hydrogen-bond acceptors (Lipinski definition) is 6. The zero-order valence-corrected chi connectivity index (χ0v) is 16.4. The fraction of sp³-hybridized carbons (Fsp3) is 0.273. The van der Waals surface area contributed by atoms with Gasteiger partial charge in [0, 0.05) is 43.7 Å². The molecule has 1 aliphatic heterocycles. The Balaban J connectivity index is 1.57. The summed E-state index contributed by atoms with van der Waals surface area (Å²) in [6, 6.07) is 14.2. The van der Waals surface area contributed by atoms with E-state index in [0.29, 0.717) is 48.5 Å². The Morgan fingerprint density at radius 2 is 1.72 bits per heavy atom. The fourth-order valence-electron chi connectivity index (χ4n) is 3.66. The van der Waals surface area contributed by atoms with Crippen molar-refractivity contribution in [1.29, 1.82) is 0 Å². The van der Waals surface area contributed by atoms with E-state index in [2.05, 4.69) is 4.90 Å². The van der Waals surface area contributed by atoms with Gasteiger partial charge in [-0.25, -0.2) is 4.79 Å². The van der Waals surface area contributed by atoms with Gasteiger partial charge in [-0.15, -0.1) is 0 Å². The van der Waals surface area contributed by atoms with Gasteiger partial charge in [-0.05, 0) is 24.3 Å². The molecule has 0 N–H and O–H groups in total. The fourth-order valence-corrected chi connectivity index (χ4v) is 3.66. The minimum atomic E-state index is -0.554. The van der Waals surface area contributed by atoms with E-state index in [9.17, 15) is 9.59 Å². The highest BCUT2D eigenvalue weighted by Crippen LogP contribution is 2.29. The zero-order valence-electron chi connectivity index (χ0n) is 16.4. The van der Waals surface area contributed by atoms with E-state index >= 15 is 0 Å². The van der Waals surface area contributed by atoms with Crippen molar-refractivity contribution in [3.8, 4) is 11.5 Å². The van der Waals surface area contributed by atoms with Gasteiger partial charge in [0.2, 0.25) is 0 Å². The van der Waals surface area contributed by atoms with Crippen molar-refractivity contribution >= 4 is 22.6 Å². The van der Waals surface area contributed by atoms with Crippen LogP contribution in [0.2, 0.25) is 0 Å². The van der Waals surface area contributed by atoms with Crippen LogP contribution in [0.1, 0.15) is 10.4 Å². The first-order valence-corrected chi connectivity index (χ1v) is 9.40. The molecule has 0 saturated carbocycles. The molecule has 0 radical (unpaired) electrons. The van der Waals surface area contributed by atoms with Gasteiger partial charge in [0.05, 0.1) is 25.5 Å². The number of rotatable bonds is 4. The summed E-state index contributed by atoms with van der Waals surface area (Å²) >= 11 is 0. The molecule has 0 spiro atoms. The molecule has 1 saturated heterocycles. The third kappa shape index (κ3) is 3.63. The highest BCUT2D eigenvalue weighted by atomic mass is 16.5. The van der Waals surface area contributed by atoms with Crippen LogP contribution in [-0.4, -0.2) is 51.2 Å². The maximum absolute atomic E-state index is 13.2. The summed E-state index contributed by atoms with van der Waals surface area (Å²) in [5.41, 5.74) is 1.15. The monoisotopic (exact) mass is 394 g/mol. The van der Waals surface area contributed by atoms with Crippen molar-refractivity contribution in [3.63, 3.8) is 0 Å². The number of nitrogens with zero attached hydrogens (tertiary/aromatic N) is 2. The van der Waals surface area contributed by atoms with E-state index in [1.54, 1.807) is 30.2 Å². The lowest BCUT2D eigenvalue weighted by Crippen LogP contribution is -2.49. The second-order valence-corrected chi connectivity index (χ2v) is 6.79. The van der Waals surface area contributed by atoms with Crippen LogP contribution < -0.4 is 20.0 Å². The van der Waals surface area contributed by atoms with Crippen LogP contribution in [0.5, 0.6) is 11.5 Å². The van der Waals surface area contributed by atoms with Gasteiger partial charge in [-0.1, -0.05) is 12.1 Å². The average molecular weight is 394 g/mol. The molecule has 7 heteroatoms. The molecule has 7 nitrogen and oxygen atoms in total. The molecule has 0 unspecified atom stereocenters. The molecule has 0 atom stereocenters. The number of methoxy groups -OCH3 is 2. The van der Waals surface area contributed by atoms with Crippen LogP contribution in [0.3, 0.4) is 0 Å². The molecule has 0 bridgehead atoms. The van der Waals surface area contributed by atoms with Crippen LogP contribution in [0, 0.1) is 0 Å². The minimum Gasteiger partial charge on any atom is -0.497 e. The van der Waals surface area contributed by atoms with E-state index in [-0.39, 0.29) is 5.91 Å². The Morgan fingerprint density at radius 3 is 2.45 bits per heavy atom. The van der Waals surface area contributed by atoms with Gasteiger partial charge in [0.1, 0.15) is 17.1 Å². The molecule has 1 amide bonds. The van der Waals surface area contributed by atoms with Crippen LogP contribution in [0.15, 0.2) is 57.7 Å². The number of carbonyl (C=O) groups is 1. The second kappa shape index (κ2) is 7.87. The van der Waals surface area contributed by atoms with Gasteiger partial charge >= 0.3 is 5.63 Å². The van der Waals surface area contributed by atoms with Crippen LogP contribution in [0.25, 0.3) is 11.0 Å². The van der Waals surface area contributed by atoms with Crippen molar-refractivity contribution < 1.29 is 18.7 Å². The maximum Gasteiger partial charge on any atom is 0.337 e. The highest BCUT2D eigenvalue weighted by molar-refractivity contribution is 6.05. The molecule has 29 heavy (non-hydrogen) atoms. The number of benzene rings is 2. The number of para-hydroxylation sites is 2. The maximum atomic E-state index is 13.2. The molecular formula is C22H22N2O5. The normalized spacial score (nSPS) is 14.1. The number of piperazine rings is 1. The molecule has 2 aromatic carbocycles. The van der Waals surface area contributed by atoms with Gasteiger partial charge in [-0.3, -0.25) is 4.79 Å². The molecule has 1 aliphatic rings. The summed E-state index contributed by atoms with van der Waals surface area (Å²) in [5, 5.41) is 0.600.